The number of nitrogens with zero attached hydrogens (tertiary/aromatic N) is 2. The standard InChI is InChI=1S/C13H17N3O3S/c1-9-10(2)14-19-13(9)15-20(17,18)12-7-5-6-11(8-12)16(3)4/h5-8,15H,1-4H3. The fraction of sp³-hybridized carbons (Fsp3) is 0.308. The second kappa shape index (κ2) is 5.16. The molecule has 0 aliphatic heterocycles. The van der Waals surface area contributed by atoms with E-state index < -0.39 is 10.0 Å². The predicted molar refractivity (Wildman–Crippen MR) is 77.6 cm³/mol. The Balaban J connectivity index is 2.36. The van der Waals surface area contributed by atoms with Crippen molar-refractivity contribution in [1.82, 2.24) is 5.16 Å². The lowest BCUT2D eigenvalue weighted by atomic mass is 10.3. The predicted octanol–water partition coefficient (Wildman–Crippen LogP) is 2.16. The van der Waals surface area contributed by atoms with Gasteiger partial charge in [-0.1, -0.05) is 11.2 Å². The normalized spacial score (nSPS) is 11.4. The molecule has 7 heteroatoms. The Morgan fingerprint density at radius 1 is 1.25 bits per heavy atom. The number of anilines is 2. The first-order valence-corrected chi connectivity index (χ1v) is 7.52. The number of rotatable bonds is 4. The Morgan fingerprint density at radius 3 is 2.50 bits per heavy atom. The zero-order valence-corrected chi connectivity index (χ0v) is 12.7. The van der Waals surface area contributed by atoms with Crippen molar-refractivity contribution >= 4 is 21.6 Å². The highest BCUT2D eigenvalue weighted by Crippen LogP contribution is 2.23. The largest absolute Gasteiger partial charge is 0.378 e. The average molecular weight is 295 g/mol. The summed E-state index contributed by atoms with van der Waals surface area (Å²) in [5.41, 5.74) is 2.14. The molecule has 0 unspecified atom stereocenters. The van der Waals surface area contributed by atoms with Crippen LogP contribution in [0.5, 0.6) is 0 Å². The van der Waals surface area contributed by atoms with Crippen LogP contribution >= 0.6 is 0 Å². The molecule has 6 nitrogen and oxygen atoms in total. The fourth-order valence-electron chi connectivity index (χ4n) is 1.62. The van der Waals surface area contributed by atoms with E-state index in [1.54, 1.807) is 26.0 Å². The highest BCUT2D eigenvalue weighted by molar-refractivity contribution is 7.92. The van der Waals surface area contributed by atoms with E-state index in [4.69, 9.17) is 4.52 Å². The van der Waals surface area contributed by atoms with Gasteiger partial charge in [-0.15, -0.1) is 0 Å². The summed E-state index contributed by atoms with van der Waals surface area (Å²) >= 11 is 0. The molecule has 108 valence electrons. The van der Waals surface area contributed by atoms with Crippen molar-refractivity contribution in [1.29, 1.82) is 0 Å². The van der Waals surface area contributed by atoms with Crippen LogP contribution in [0.25, 0.3) is 0 Å². The maximum absolute atomic E-state index is 12.3. The molecule has 0 aliphatic rings. The van der Waals surface area contributed by atoms with Crippen LogP contribution in [0.4, 0.5) is 11.6 Å². The molecule has 0 amide bonds. The van der Waals surface area contributed by atoms with E-state index in [0.29, 0.717) is 11.3 Å². The lowest BCUT2D eigenvalue weighted by Gasteiger charge is -2.13. The molecule has 20 heavy (non-hydrogen) atoms. The van der Waals surface area contributed by atoms with Crippen molar-refractivity contribution in [3.8, 4) is 0 Å². The van der Waals surface area contributed by atoms with Crippen LogP contribution in [-0.4, -0.2) is 27.7 Å². The molecule has 1 N–H and O–H groups in total. The molecular formula is C13H17N3O3S. The van der Waals surface area contributed by atoms with Crippen molar-refractivity contribution in [3.63, 3.8) is 0 Å². The van der Waals surface area contributed by atoms with Crippen LogP contribution in [0.15, 0.2) is 33.7 Å². The van der Waals surface area contributed by atoms with Crippen molar-refractivity contribution in [3.05, 3.63) is 35.5 Å². The van der Waals surface area contributed by atoms with E-state index in [2.05, 4.69) is 9.88 Å². The molecule has 1 heterocycles. The lowest BCUT2D eigenvalue weighted by molar-refractivity contribution is 0.430. The highest BCUT2D eigenvalue weighted by Gasteiger charge is 2.19. The number of aryl methyl sites for hydroxylation is 1. The maximum Gasteiger partial charge on any atom is 0.264 e. The average Bonchev–Trinajstić information content (AvgIpc) is 2.70. The molecule has 1 aromatic carbocycles. The topological polar surface area (TPSA) is 75.4 Å². The highest BCUT2D eigenvalue weighted by atomic mass is 32.2. The Bertz CT molecular complexity index is 720. The van der Waals surface area contributed by atoms with Gasteiger partial charge < -0.3 is 9.42 Å². The van der Waals surface area contributed by atoms with Gasteiger partial charge in [0.2, 0.25) is 5.88 Å². The Morgan fingerprint density at radius 2 is 1.95 bits per heavy atom. The molecule has 0 atom stereocenters. The first-order chi connectivity index (χ1) is 9.31. The first kappa shape index (κ1) is 14.4. The van der Waals surface area contributed by atoms with E-state index in [-0.39, 0.29) is 10.8 Å². The zero-order valence-electron chi connectivity index (χ0n) is 11.8. The van der Waals surface area contributed by atoms with Gasteiger partial charge in [0.05, 0.1) is 10.6 Å². The quantitative estimate of drug-likeness (QED) is 0.935. The summed E-state index contributed by atoms with van der Waals surface area (Å²) < 4.78 is 32.0. The van der Waals surface area contributed by atoms with Crippen LogP contribution in [-0.2, 0) is 10.0 Å². The van der Waals surface area contributed by atoms with Gasteiger partial charge in [-0.2, -0.15) is 0 Å². The summed E-state index contributed by atoms with van der Waals surface area (Å²) in [6.07, 6.45) is 0. The summed E-state index contributed by atoms with van der Waals surface area (Å²) in [6.45, 7) is 3.50. The van der Waals surface area contributed by atoms with Crippen LogP contribution in [0, 0.1) is 13.8 Å². The van der Waals surface area contributed by atoms with Crippen LogP contribution in [0.1, 0.15) is 11.3 Å². The number of hydrogen-bond donors (Lipinski definition) is 1. The smallest absolute Gasteiger partial charge is 0.264 e. The molecule has 0 bridgehead atoms. The second-order valence-corrected chi connectivity index (χ2v) is 6.40. The van der Waals surface area contributed by atoms with E-state index in [9.17, 15) is 8.42 Å². The molecule has 1 aromatic heterocycles. The number of sulfonamides is 1. The molecule has 2 aromatic rings. The molecule has 0 spiro atoms. The third kappa shape index (κ3) is 2.77. The molecule has 0 saturated heterocycles. The molecular weight excluding hydrogens is 278 g/mol. The maximum atomic E-state index is 12.3. The van der Waals surface area contributed by atoms with Gasteiger partial charge in [0.25, 0.3) is 10.0 Å². The minimum atomic E-state index is -3.69. The van der Waals surface area contributed by atoms with Gasteiger partial charge >= 0.3 is 0 Å². The third-order valence-corrected chi connectivity index (χ3v) is 4.36. The number of hydrogen-bond acceptors (Lipinski definition) is 5. The van der Waals surface area contributed by atoms with Gasteiger partial charge in [0.1, 0.15) is 0 Å². The monoisotopic (exact) mass is 295 g/mol. The summed E-state index contributed by atoms with van der Waals surface area (Å²) in [5.74, 6) is 0.151. The van der Waals surface area contributed by atoms with Crippen molar-refractivity contribution in [2.24, 2.45) is 0 Å². The Kier molecular flexibility index (Phi) is 3.71. The van der Waals surface area contributed by atoms with Crippen molar-refractivity contribution in [2.45, 2.75) is 18.7 Å². The first-order valence-electron chi connectivity index (χ1n) is 6.04. The van der Waals surface area contributed by atoms with Gasteiger partial charge in [-0.3, -0.25) is 0 Å². The number of nitrogens with one attached hydrogen (secondary N) is 1. The van der Waals surface area contributed by atoms with E-state index in [1.807, 2.05) is 25.1 Å². The van der Waals surface area contributed by atoms with Crippen LogP contribution in [0.2, 0.25) is 0 Å². The minimum Gasteiger partial charge on any atom is -0.378 e. The summed E-state index contributed by atoms with van der Waals surface area (Å²) in [4.78, 5) is 2.01. The number of aromatic nitrogens is 1. The Labute approximate surface area is 118 Å². The molecule has 0 saturated carbocycles. The summed E-state index contributed by atoms with van der Waals surface area (Å²) in [5, 5.41) is 3.73. The fourth-order valence-corrected chi connectivity index (χ4v) is 2.71. The van der Waals surface area contributed by atoms with Crippen LogP contribution in [0.3, 0.4) is 0 Å². The van der Waals surface area contributed by atoms with Crippen molar-refractivity contribution in [2.75, 3.05) is 23.7 Å². The van der Waals surface area contributed by atoms with E-state index >= 15 is 0 Å². The van der Waals surface area contributed by atoms with Crippen LogP contribution < -0.4 is 9.62 Å². The lowest BCUT2D eigenvalue weighted by Crippen LogP contribution is -2.15. The summed E-state index contributed by atoms with van der Waals surface area (Å²) in [7, 11) is 0.0117. The van der Waals surface area contributed by atoms with E-state index in [1.165, 1.54) is 6.07 Å². The van der Waals surface area contributed by atoms with Crippen molar-refractivity contribution < 1.29 is 12.9 Å². The zero-order chi connectivity index (χ0) is 14.9. The van der Waals surface area contributed by atoms with Gasteiger partial charge in [-0.05, 0) is 32.0 Å². The van der Waals surface area contributed by atoms with Gasteiger partial charge in [-0.25, -0.2) is 13.1 Å². The molecule has 0 aliphatic carbocycles. The number of benzene rings is 1. The van der Waals surface area contributed by atoms with Gasteiger partial charge in [0, 0.05) is 25.3 Å². The summed E-state index contributed by atoms with van der Waals surface area (Å²) in [6, 6.07) is 6.67. The Hall–Kier alpha value is -2.02. The van der Waals surface area contributed by atoms with Gasteiger partial charge in [0.15, 0.2) is 0 Å². The molecule has 2 rings (SSSR count). The minimum absolute atomic E-state index is 0.151. The molecule has 0 fully saturated rings. The second-order valence-electron chi connectivity index (χ2n) is 4.72. The SMILES string of the molecule is Cc1noc(NS(=O)(=O)c2cccc(N(C)C)c2)c1C. The third-order valence-electron chi connectivity index (χ3n) is 3.03. The van der Waals surface area contributed by atoms with E-state index in [0.717, 1.165) is 5.69 Å². The molecule has 0 radical (unpaired) electrons.